The minimum atomic E-state index is -3.46. The van der Waals surface area contributed by atoms with E-state index >= 15 is 0 Å². The van der Waals surface area contributed by atoms with Crippen LogP contribution in [0.15, 0.2) is 17.3 Å². The molecule has 2 heterocycles. The molecule has 0 aliphatic carbocycles. The molecule has 0 amide bonds. The molecule has 108 valence electrons. The first-order valence-electron chi connectivity index (χ1n) is 6.65. The molecule has 0 radical (unpaired) electrons. The smallest absolute Gasteiger partial charge is 0.260 e. The van der Waals surface area contributed by atoms with Crippen molar-refractivity contribution >= 4 is 10.0 Å². The maximum Gasteiger partial charge on any atom is 0.260 e. The van der Waals surface area contributed by atoms with Gasteiger partial charge in [-0.15, -0.1) is 0 Å². The number of rotatable bonds is 4. The number of aromatic nitrogens is 2. The maximum absolute atomic E-state index is 12.7. The summed E-state index contributed by atoms with van der Waals surface area (Å²) in [6.45, 7) is 2.62. The van der Waals surface area contributed by atoms with Crippen molar-refractivity contribution in [2.75, 3.05) is 13.6 Å². The van der Waals surface area contributed by atoms with Gasteiger partial charge in [-0.05, 0) is 32.9 Å². The molecule has 6 nitrogen and oxygen atoms in total. The van der Waals surface area contributed by atoms with Gasteiger partial charge in [-0.1, -0.05) is 6.42 Å². The predicted octanol–water partition coefficient (Wildman–Crippen LogP) is 0.571. The predicted molar refractivity (Wildman–Crippen MR) is 73.3 cm³/mol. The number of piperidine rings is 1. The van der Waals surface area contributed by atoms with E-state index in [9.17, 15) is 8.42 Å². The van der Waals surface area contributed by atoms with Crippen molar-refractivity contribution in [2.45, 2.75) is 43.3 Å². The van der Waals surface area contributed by atoms with E-state index < -0.39 is 10.0 Å². The summed E-state index contributed by atoms with van der Waals surface area (Å²) in [4.78, 5) is 0. The van der Waals surface area contributed by atoms with E-state index in [2.05, 4.69) is 10.4 Å². The van der Waals surface area contributed by atoms with E-state index in [0.29, 0.717) is 6.54 Å². The van der Waals surface area contributed by atoms with Gasteiger partial charge in [-0.3, -0.25) is 4.68 Å². The summed E-state index contributed by atoms with van der Waals surface area (Å²) in [5.41, 5.74) is 0. The van der Waals surface area contributed by atoms with Gasteiger partial charge in [0.15, 0.2) is 5.03 Å². The number of likely N-dealkylation sites (N-methyl/N-ethyl adjacent to an activating group) is 1. The molecule has 1 saturated heterocycles. The van der Waals surface area contributed by atoms with Crippen molar-refractivity contribution in [1.29, 1.82) is 0 Å². The molecule has 19 heavy (non-hydrogen) atoms. The Morgan fingerprint density at radius 1 is 1.47 bits per heavy atom. The van der Waals surface area contributed by atoms with E-state index in [0.717, 1.165) is 19.3 Å². The molecule has 1 N–H and O–H groups in total. The molecule has 0 saturated carbocycles. The molecule has 2 atom stereocenters. The zero-order valence-corrected chi connectivity index (χ0v) is 12.5. The molecule has 2 rings (SSSR count). The standard InChI is InChI=1S/C12H22N4O2S/c1-10(13-2)11-6-4-5-9-16(11)19(17,18)12-7-8-14-15(12)3/h7-8,10-11,13H,4-6,9H2,1-3H3. The fourth-order valence-corrected chi connectivity index (χ4v) is 4.52. The summed E-state index contributed by atoms with van der Waals surface area (Å²) >= 11 is 0. The van der Waals surface area contributed by atoms with Gasteiger partial charge in [0.25, 0.3) is 10.0 Å². The lowest BCUT2D eigenvalue weighted by molar-refractivity contribution is 0.212. The first-order valence-corrected chi connectivity index (χ1v) is 8.09. The quantitative estimate of drug-likeness (QED) is 0.879. The molecule has 2 unspecified atom stereocenters. The Morgan fingerprint density at radius 3 is 2.79 bits per heavy atom. The second-order valence-corrected chi connectivity index (χ2v) is 6.89. The van der Waals surface area contributed by atoms with Crippen molar-refractivity contribution in [2.24, 2.45) is 7.05 Å². The van der Waals surface area contributed by atoms with E-state index in [1.54, 1.807) is 17.4 Å². The largest absolute Gasteiger partial charge is 0.316 e. The second kappa shape index (κ2) is 5.60. The summed E-state index contributed by atoms with van der Waals surface area (Å²) in [6.07, 6.45) is 4.42. The first-order chi connectivity index (χ1) is 8.98. The Labute approximate surface area is 114 Å². The zero-order valence-electron chi connectivity index (χ0n) is 11.7. The zero-order chi connectivity index (χ0) is 14.0. The summed E-state index contributed by atoms with van der Waals surface area (Å²) in [5, 5.41) is 7.40. The maximum atomic E-state index is 12.7. The number of hydrogen-bond acceptors (Lipinski definition) is 4. The lowest BCUT2D eigenvalue weighted by atomic mass is 9.99. The molecule has 0 bridgehead atoms. The molecule has 0 spiro atoms. The van der Waals surface area contributed by atoms with Gasteiger partial charge in [0.2, 0.25) is 0 Å². The molecule has 0 aromatic carbocycles. The van der Waals surface area contributed by atoms with Gasteiger partial charge in [0.05, 0.1) is 6.20 Å². The van der Waals surface area contributed by atoms with Gasteiger partial charge in [-0.2, -0.15) is 9.40 Å². The topological polar surface area (TPSA) is 67.2 Å². The van der Waals surface area contributed by atoms with Crippen molar-refractivity contribution < 1.29 is 8.42 Å². The van der Waals surface area contributed by atoms with Gasteiger partial charge in [-0.25, -0.2) is 8.42 Å². The SMILES string of the molecule is CNC(C)C1CCCCN1S(=O)(=O)c1ccnn1C. The first kappa shape index (κ1) is 14.5. The van der Waals surface area contributed by atoms with Crippen LogP contribution in [0.3, 0.4) is 0 Å². The van der Waals surface area contributed by atoms with Gasteiger partial charge < -0.3 is 5.32 Å². The van der Waals surface area contributed by atoms with Crippen LogP contribution in [-0.2, 0) is 17.1 Å². The molecular weight excluding hydrogens is 264 g/mol. The molecule has 1 aliphatic heterocycles. The lowest BCUT2D eigenvalue weighted by Crippen LogP contribution is -2.52. The molecule has 1 aromatic rings. The van der Waals surface area contributed by atoms with Crippen molar-refractivity contribution in [3.63, 3.8) is 0 Å². The van der Waals surface area contributed by atoms with E-state index in [4.69, 9.17) is 0 Å². The Kier molecular flexibility index (Phi) is 4.27. The van der Waals surface area contributed by atoms with Gasteiger partial charge >= 0.3 is 0 Å². The third kappa shape index (κ3) is 2.68. The normalized spacial score (nSPS) is 23.4. The highest BCUT2D eigenvalue weighted by atomic mass is 32.2. The highest BCUT2D eigenvalue weighted by Gasteiger charge is 2.37. The van der Waals surface area contributed by atoms with Crippen molar-refractivity contribution in [1.82, 2.24) is 19.4 Å². The summed E-state index contributed by atoms with van der Waals surface area (Å²) in [5.74, 6) is 0. The van der Waals surface area contributed by atoms with E-state index in [1.165, 1.54) is 10.9 Å². The van der Waals surface area contributed by atoms with Crippen LogP contribution in [0.5, 0.6) is 0 Å². The van der Waals surface area contributed by atoms with Crippen LogP contribution in [0.2, 0.25) is 0 Å². The van der Waals surface area contributed by atoms with Crippen LogP contribution < -0.4 is 5.32 Å². The highest BCUT2D eigenvalue weighted by molar-refractivity contribution is 7.89. The van der Waals surface area contributed by atoms with Crippen molar-refractivity contribution in [3.8, 4) is 0 Å². The average Bonchev–Trinajstić information content (AvgIpc) is 2.85. The Bertz CT molecular complexity index is 526. The Balaban J connectivity index is 2.34. The molecule has 1 fully saturated rings. The minimum Gasteiger partial charge on any atom is -0.316 e. The fourth-order valence-electron chi connectivity index (χ4n) is 2.66. The third-order valence-corrected chi connectivity index (χ3v) is 5.88. The molecule has 1 aromatic heterocycles. The van der Waals surface area contributed by atoms with E-state index in [-0.39, 0.29) is 17.1 Å². The number of sulfonamides is 1. The number of nitrogens with one attached hydrogen (secondary N) is 1. The minimum absolute atomic E-state index is 0.0126. The number of hydrogen-bond donors (Lipinski definition) is 1. The van der Waals surface area contributed by atoms with Crippen LogP contribution in [0.4, 0.5) is 0 Å². The summed E-state index contributed by atoms with van der Waals surface area (Å²) in [7, 11) is 0.0694. The van der Waals surface area contributed by atoms with E-state index in [1.807, 2.05) is 14.0 Å². The van der Waals surface area contributed by atoms with Crippen LogP contribution in [0, 0.1) is 0 Å². The number of aryl methyl sites for hydroxylation is 1. The molecule has 1 aliphatic rings. The van der Waals surface area contributed by atoms with Gasteiger partial charge in [0, 0.05) is 25.7 Å². The van der Waals surface area contributed by atoms with Gasteiger partial charge in [0.1, 0.15) is 0 Å². The Hall–Kier alpha value is -0.920. The highest BCUT2D eigenvalue weighted by Crippen LogP contribution is 2.26. The monoisotopic (exact) mass is 286 g/mol. The number of nitrogens with zero attached hydrogens (tertiary/aromatic N) is 3. The molecular formula is C12H22N4O2S. The second-order valence-electron chi connectivity index (χ2n) is 5.05. The summed E-state index contributed by atoms with van der Waals surface area (Å²) in [6, 6.07) is 1.72. The van der Waals surface area contributed by atoms with Crippen LogP contribution in [0.1, 0.15) is 26.2 Å². The third-order valence-electron chi connectivity index (χ3n) is 3.88. The van der Waals surface area contributed by atoms with Crippen LogP contribution >= 0.6 is 0 Å². The average molecular weight is 286 g/mol. The Morgan fingerprint density at radius 2 is 2.21 bits per heavy atom. The summed E-state index contributed by atoms with van der Waals surface area (Å²) < 4.78 is 28.5. The lowest BCUT2D eigenvalue weighted by Gasteiger charge is -2.37. The fraction of sp³-hybridized carbons (Fsp3) is 0.750. The van der Waals surface area contributed by atoms with Crippen molar-refractivity contribution in [3.05, 3.63) is 12.3 Å². The van der Waals surface area contributed by atoms with Crippen LogP contribution in [0.25, 0.3) is 0 Å². The molecule has 7 heteroatoms. The van der Waals surface area contributed by atoms with Crippen LogP contribution in [-0.4, -0.2) is 48.2 Å².